The topological polar surface area (TPSA) is 29.3 Å². The molecule has 4 rings (SSSR count). The van der Waals surface area contributed by atoms with Crippen molar-refractivity contribution in [1.29, 1.82) is 0 Å². The number of aromatic nitrogens is 1. The maximum Gasteiger partial charge on any atom is 0.167 e. The van der Waals surface area contributed by atoms with Crippen LogP contribution in [0.2, 0.25) is 0 Å². The van der Waals surface area contributed by atoms with Gasteiger partial charge in [-0.15, -0.1) is 12.6 Å². The number of thiocarbonyl (C=S) groups is 1. The number of thiol groups is 1. The fraction of sp³-hybridized carbons (Fsp3) is 0.143. The van der Waals surface area contributed by atoms with Crippen LogP contribution in [-0.2, 0) is 13.0 Å². The van der Waals surface area contributed by atoms with E-state index in [1.165, 1.54) is 16.3 Å². The average Bonchev–Trinajstić information content (AvgIpc) is 3.08. The predicted octanol–water partition coefficient (Wildman–Crippen LogP) is 5.24. The first-order valence-electron chi connectivity index (χ1n) is 8.49. The van der Waals surface area contributed by atoms with Gasteiger partial charge in [-0.05, 0) is 34.5 Å². The molecule has 0 saturated carbocycles. The highest BCUT2D eigenvalue weighted by atomic mass is 32.1. The molecule has 0 aliphatic carbocycles. The number of benzene rings is 3. The lowest BCUT2D eigenvalue weighted by atomic mass is 10.1. The van der Waals surface area contributed by atoms with Crippen LogP contribution >= 0.6 is 24.8 Å². The Labute approximate surface area is 163 Å². The SMILES string of the molecule is S=C(S)N(CCc1noc2ccccc12)Cc1ccc2ccccc2c1. The number of hydrogen-bond acceptors (Lipinski definition) is 3. The van der Waals surface area contributed by atoms with E-state index in [4.69, 9.17) is 16.7 Å². The quantitative estimate of drug-likeness (QED) is 0.380. The van der Waals surface area contributed by atoms with Crippen LogP contribution in [0.4, 0.5) is 0 Å². The van der Waals surface area contributed by atoms with Gasteiger partial charge in [0.2, 0.25) is 0 Å². The number of nitrogens with zero attached hydrogens (tertiary/aromatic N) is 2. The van der Waals surface area contributed by atoms with Crippen molar-refractivity contribution in [3.63, 3.8) is 0 Å². The second kappa shape index (κ2) is 7.48. The Balaban J connectivity index is 1.51. The average molecular weight is 379 g/mol. The standard InChI is InChI=1S/C21H18N2OS2/c25-21(26)23(12-11-19-18-7-3-4-8-20(18)24-22-19)14-15-9-10-16-5-1-2-6-17(16)13-15/h1-10,13H,11-12,14H2,(H,25,26). The second-order valence-corrected chi connectivity index (χ2v) is 7.37. The van der Waals surface area contributed by atoms with Crippen molar-refractivity contribution in [2.45, 2.75) is 13.0 Å². The third-order valence-corrected chi connectivity index (χ3v) is 5.07. The van der Waals surface area contributed by atoms with Crippen LogP contribution in [0.3, 0.4) is 0 Å². The Morgan fingerprint density at radius 2 is 1.77 bits per heavy atom. The lowest BCUT2D eigenvalue weighted by molar-refractivity contribution is 0.411. The molecule has 3 nitrogen and oxygen atoms in total. The van der Waals surface area contributed by atoms with Crippen LogP contribution in [0.25, 0.3) is 21.7 Å². The van der Waals surface area contributed by atoms with Crippen LogP contribution in [0, 0.1) is 0 Å². The Kier molecular flexibility index (Phi) is 4.91. The lowest BCUT2D eigenvalue weighted by Crippen LogP contribution is -2.28. The third-order valence-electron chi connectivity index (χ3n) is 4.53. The van der Waals surface area contributed by atoms with Crippen molar-refractivity contribution < 1.29 is 4.52 Å². The molecule has 5 heteroatoms. The monoisotopic (exact) mass is 378 g/mol. The van der Waals surface area contributed by atoms with Crippen molar-refractivity contribution in [2.24, 2.45) is 0 Å². The first kappa shape index (κ1) is 17.1. The van der Waals surface area contributed by atoms with E-state index in [1.807, 2.05) is 24.3 Å². The van der Waals surface area contributed by atoms with Crippen molar-refractivity contribution in [3.8, 4) is 0 Å². The summed E-state index contributed by atoms with van der Waals surface area (Å²) in [6.45, 7) is 1.47. The van der Waals surface area contributed by atoms with Crippen LogP contribution < -0.4 is 0 Å². The van der Waals surface area contributed by atoms with Crippen molar-refractivity contribution in [2.75, 3.05) is 6.54 Å². The molecule has 0 aliphatic rings. The molecule has 1 heterocycles. The van der Waals surface area contributed by atoms with Gasteiger partial charge in [-0.1, -0.05) is 65.9 Å². The van der Waals surface area contributed by atoms with Gasteiger partial charge in [-0.2, -0.15) is 0 Å². The highest BCUT2D eigenvalue weighted by Gasteiger charge is 2.12. The zero-order valence-electron chi connectivity index (χ0n) is 14.1. The highest BCUT2D eigenvalue weighted by Crippen LogP contribution is 2.20. The summed E-state index contributed by atoms with van der Waals surface area (Å²) in [6.07, 6.45) is 0.755. The van der Waals surface area contributed by atoms with Gasteiger partial charge in [0.25, 0.3) is 0 Å². The van der Waals surface area contributed by atoms with Gasteiger partial charge in [0.15, 0.2) is 5.58 Å². The van der Waals surface area contributed by atoms with Gasteiger partial charge in [0.1, 0.15) is 4.32 Å². The van der Waals surface area contributed by atoms with Gasteiger partial charge in [0.05, 0.1) is 5.69 Å². The van der Waals surface area contributed by atoms with E-state index in [1.54, 1.807) is 0 Å². The van der Waals surface area contributed by atoms with Crippen molar-refractivity contribution in [3.05, 3.63) is 78.0 Å². The molecule has 3 aromatic carbocycles. The summed E-state index contributed by atoms with van der Waals surface area (Å²) >= 11 is 9.76. The molecule has 0 saturated heterocycles. The number of fused-ring (bicyclic) bond motifs is 2. The van der Waals surface area contributed by atoms with E-state index in [-0.39, 0.29) is 0 Å². The van der Waals surface area contributed by atoms with Crippen LogP contribution in [0.5, 0.6) is 0 Å². The largest absolute Gasteiger partial charge is 0.356 e. The van der Waals surface area contributed by atoms with E-state index >= 15 is 0 Å². The summed E-state index contributed by atoms with van der Waals surface area (Å²) in [5.41, 5.74) is 2.98. The lowest BCUT2D eigenvalue weighted by Gasteiger charge is -2.22. The summed E-state index contributed by atoms with van der Waals surface area (Å²) in [5.74, 6) is 0. The molecule has 1 aromatic heterocycles. The molecule has 0 bridgehead atoms. The molecule has 4 aromatic rings. The number of rotatable bonds is 5. The zero-order valence-corrected chi connectivity index (χ0v) is 15.8. The Morgan fingerprint density at radius 1 is 1.00 bits per heavy atom. The summed E-state index contributed by atoms with van der Waals surface area (Å²) < 4.78 is 5.98. The van der Waals surface area contributed by atoms with Crippen molar-refractivity contribution >= 4 is 50.9 Å². The molecular formula is C21H18N2OS2. The smallest absolute Gasteiger partial charge is 0.167 e. The molecule has 130 valence electrons. The van der Waals surface area contributed by atoms with Gasteiger partial charge in [-0.25, -0.2) is 0 Å². The Morgan fingerprint density at radius 3 is 2.62 bits per heavy atom. The molecule has 0 spiro atoms. The minimum atomic E-state index is 0.589. The van der Waals surface area contributed by atoms with Crippen LogP contribution in [0.1, 0.15) is 11.3 Å². The summed E-state index contributed by atoms with van der Waals surface area (Å²) in [7, 11) is 0. The normalized spacial score (nSPS) is 11.1. The number of para-hydroxylation sites is 1. The molecule has 0 radical (unpaired) electrons. The molecule has 0 aliphatic heterocycles. The van der Waals surface area contributed by atoms with E-state index in [9.17, 15) is 0 Å². The molecule has 0 atom stereocenters. The molecule has 0 unspecified atom stereocenters. The summed E-state index contributed by atoms with van der Waals surface area (Å²) in [4.78, 5) is 2.09. The first-order chi connectivity index (χ1) is 12.7. The predicted molar refractivity (Wildman–Crippen MR) is 114 cm³/mol. The van der Waals surface area contributed by atoms with Crippen LogP contribution in [-0.4, -0.2) is 20.9 Å². The van der Waals surface area contributed by atoms with E-state index in [0.717, 1.165) is 36.2 Å². The maximum atomic E-state index is 5.39. The minimum absolute atomic E-state index is 0.589. The van der Waals surface area contributed by atoms with E-state index < -0.39 is 0 Å². The third kappa shape index (κ3) is 3.59. The van der Waals surface area contributed by atoms with Gasteiger partial charge in [0, 0.05) is 24.9 Å². The second-order valence-electron chi connectivity index (χ2n) is 6.26. The van der Waals surface area contributed by atoms with Crippen molar-refractivity contribution in [1.82, 2.24) is 10.1 Å². The maximum absolute atomic E-state index is 5.39. The molecule has 0 N–H and O–H groups in total. The zero-order chi connectivity index (χ0) is 17.9. The summed E-state index contributed by atoms with van der Waals surface area (Å²) in [5, 5.41) is 7.74. The first-order valence-corrected chi connectivity index (χ1v) is 9.35. The molecule has 0 amide bonds. The van der Waals surface area contributed by atoms with Gasteiger partial charge < -0.3 is 9.42 Å². The number of hydrogen-bond donors (Lipinski definition) is 1. The van der Waals surface area contributed by atoms with E-state index in [0.29, 0.717) is 4.32 Å². The molecule has 0 fully saturated rings. The minimum Gasteiger partial charge on any atom is -0.356 e. The van der Waals surface area contributed by atoms with Gasteiger partial charge >= 0.3 is 0 Å². The molecule has 26 heavy (non-hydrogen) atoms. The van der Waals surface area contributed by atoms with Crippen LogP contribution in [0.15, 0.2) is 71.3 Å². The highest BCUT2D eigenvalue weighted by molar-refractivity contribution is 8.10. The molecular weight excluding hydrogens is 360 g/mol. The fourth-order valence-electron chi connectivity index (χ4n) is 3.16. The fourth-order valence-corrected chi connectivity index (χ4v) is 3.49. The van der Waals surface area contributed by atoms with E-state index in [2.05, 4.69) is 65.1 Å². The Hall–Kier alpha value is -2.37. The van der Waals surface area contributed by atoms with Gasteiger partial charge in [-0.3, -0.25) is 0 Å². The Bertz CT molecular complexity index is 1070. The summed E-state index contributed by atoms with van der Waals surface area (Å²) in [6, 6.07) is 22.8.